The summed E-state index contributed by atoms with van der Waals surface area (Å²) in [5.74, 6) is 6.16. The number of carbonyl (C=O) groups is 1. The summed E-state index contributed by atoms with van der Waals surface area (Å²) in [5, 5.41) is 2.99. The molecule has 3 N–H and O–H groups in total. The van der Waals surface area contributed by atoms with Gasteiger partial charge in [-0.05, 0) is 30.9 Å². The van der Waals surface area contributed by atoms with E-state index in [0.29, 0.717) is 18.0 Å². The van der Waals surface area contributed by atoms with Crippen LogP contribution in [-0.4, -0.2) is 32.2 Å². The van der Waals surface area contributed by atoms with Gasteiger partial charge in [0, 0.05) is 25.3 Å². The summed E-state index contributed by atoms with van der Waals surface area (Å²) in [6, 6.07) is 7.35. The quantitative estimate of drug-likeness (QED) is 0.811. The predicted molar refractivity (Wildman–Crippen MR) is 78.3 cm³/mol. The van der Waals surface area contributed by atoms with Crippen molar-refractivity contribution < 1.29 is 9.53 Å². The van der Waals surface area contributed by atoms with Crippen LogP contribution >= 0.6 is 0 Å². The van der Waals surface area contributed by atoms with E-state index in [9.17, 15) is 4.79 Å². The first-order valence-electron chi connectivity index (χ1n) is 6.95. The molecule has 1 aliphatic heterocycles. The van der Waals surface area contributed by atoms with Gasteiger partial charge in [0.15, 0.2) is 0 Å². The van der Waals surface area contributed by atoms with Crippen molar-refractivity contribution in [1.29, 1.82) is 0 Å². The summed E-state index contributed by atoms with van der Waals surface area (Å²) >= 11 is 0. The Balaban J connectivity index is 1.97. The van der Waals surface area contributed by atoms with Crippen LogP contribution in [0.4, 0.5) is 0 Å². The summed E-state index contributed by atoms with van der Waals surface area (Å²) in [6.45, 7) is 2.57. The van der Waals surface area contributed by atoms with Crippen LogP contribution in [0.25, 0.3) is 0 Å². The summed E-state index contributed by atoms with van der Waals surface area (Å²) in [4.78, 5) is 12.2. The van der Waals surface area contributed by atoms with Gasteiger partial charge in [-0.25, -0.2) is 0 Å². The fraction of sp³-hybridized carbons (Fsp3) is 0.438. The van der Waals surface area contributed by atoms with Gasteiger partial charge in [0.25, 0.3) is 5.91 Å². The van der Waals surface area contributed by atoms with E-state index in [2.05, 4.69) is 17.2 Å². The Morgan fingerprint density at radius 3 is 2.85 bits per heavy atom. The minimum atomic E-state index is -0.0709. The lowest BCUT2D eigenvalue weighted by Crippen LogP contribution is -2.32. The highest BCUT2D eigenvalue weighted by Gasteiger charge is 2.16. The molecule has 0 unspecified atom stereocenters. The summed E-state index contributed by atoms with van der Waals surface area (Å²) in [5.41, 5.74) is 6.71. The second-order valence-electron chi connectivity index (χ2n) is 4.82. The Morgan fingerprint density at radius 2 is 2.10 bits per heavy atom. The minimum absolute atomic E-state index is 0.0709. The topological polar surface area (TPSA) is 64.4 Å². The smallest absolute Gasteiger partial charge is 0.252 e. The summed E-state index contributed by atoms with van der Waals surface area (Å²) in [6.07, 6.45) is 2.02. The normalized spacial score (nSPS) is 15.2. The van der Waals surface area contributed by atoms with E-state index >= 15 is 0 Å². The summed E-state index contributed by atoms with van der Waals surface area (Å²) < 4.78 is 5.31. The predicted octanol–water partition coefficient (Wildman–Crippen LogP) is 1.15. The van der Waals surface area contributed by atoms with Crippen molar-refractivity contribution >= 4 is 5.91 Å². The molecule has 0 atom stereocenters. The number of amides is 1. The molecule has 20 heavy (non-hydrogen) atoms. The van der Waals surface area contributed by atoms with E-state index in [1.807, 2.05) is 18.2 Å². The maximum absolute atomic E-state index is 12.2. The van der Waals surface area contributed by atoms with Gasteiger partial charge in [-0.2, -0.15) is 0 Å². The lowest BCUT2D eigenvalue weighted by atomic mass is 10.00. The Labute approximate surface area is 119 Å². The van der Waals surface area contributed by atoms with Crippen LogP contribution in [0.5, 0.6) is 0 Å². The molecule has 0 radical (unpaired) electrons. The molecule has 1 aromatic carbocycles. The van der Waals surface area contributed by atoms with Crippen molar-refractivity contribution in [3.05, 3.63) is 35.4 Å². The Bertz CT molecular complexity index is 511. The second-order valence-corrected chi connectivity index (χ2v) is 4.82. The minimum Gasteiger partial charge on any atom is -0.381 e. The largest absolute Gasteiger partial charge is 0.381 e. The van der Waals surface area contributed by atoms with Crippen molar-refractivity contribution in [2.24, 2.45) is 11.7 Å². The monoisotopic (exact) mass is 272 g/mol. The third-order valence-corrected chi connectivity index (χ3v) is 3.39. The molecule has 0 aromatic heterocycles. The highest BCUT2D eigenvalue weighted by Crippen LogP contribution is 2.14. The molecule has 2 rings (SSSR count). The zero-order valence-electron chi connectivity index (χ0n) is 11.5. The van der Waals surface area contributed by atoms with Crippen LogP contribution in [0.2, 0.25) is 0 Å². The van der Waals surface area contributed by atoms with Gasteiger partial charge in [0.05, 0.1) is 12.1 Å². The first-order valence-corrected chi connectivity index (χ1v) is 6.95. The Hall–Kier alpha value is -1.83. The van der Waals surface area contributed by atoms with Crippen LogP contribution < -0.4 is 11.1 Å². The third-order valence-electron chi connectivity index (χ3n) is 3.39. The number of ether oxygens (including phenoxy) is 1. The zero-order valence-corrected chi connectivity index (χ0v) is 11.5. The lowest BCUT2D eigenvalue weighted by Gasteiger charge is -2.22. The highest BCUT2D eigenvalue weighted by molar-refractivity contribution is 5.96. The van der Waals surface area contributed by atoms with E-state index in [-0.39, 0.29) is 12.5 Å². The van der Waals surface area contributed by atoms with E-state index in [1.54, 1.807) is 6.07 Å². The molecule has 1 amide bonds. The van der Waals surface area contributed by atoms with Crippen LogP contribution in [0.1, 0.15) is 28.8 Å². The first-order chi connectivity index (χ1) is 9.81. The molecular formula is C16H20N2O2. The fourth-order valence-electron chi connectivity index (χ4n) is 2.22. The van der Waals surface area contributed by atoms with Crippen LogP contribution in [0.15, 0.2) is 24.3 Å². The summed E-state index contributed by atoms with van der Waals surface area (Å²) in [7, 11) is 0. The molecule has 1 fully saturated rings. The molecule has 0 saturated carbocycles. The number of hydrogen-bond acceptors (Lipinski definition) is 3. The van der Waals surface area contributed by atoms with Gasteiger partial charge >= 0.3 is 0 Å². The zero-order chi connectivity index (χ0) is 14.2. The van der Waals surface area contributed by atoms with Crippen molar-refractivity contribution in [2.75, 3.05) is 26.3 Å². The van der Waals surface area contributed by atoms with E-state index < -0.39 is 0 Å². The molecule has 1 aliphatic rings. The van der Waals surface area contributed by atoms with Gasteiger partial charge in [-0.1, -0.05) is 24.0 Å². The van der Waals surface area contributed by atoms with Gasteiger partial charge < -0.3 is 15.8 Å². The standard InChI is InChI=1S/C16H20N2O2/c17-9-3-5-14-4-1-2-6-15(14)16(19)18-12-13-7-10-20-11-8-13/h1-2,4,6,13H,7-12,17H2,(H,18,19). The van der Waals surface area contributed by atoms with Gasteiger partial charge in [-0.3, -0.25) is 4.79 Å². The molecule has 4 nitrogen and oxygen atoms in total. The molecule has 0 aliphatic carbocycles. The van der Waals surface area contributed by atoms with Crippen LogP contribution in [-0.2, 0) is 4.74 Å². The molecule has 1 saturated heterocycles. The average molecular weight is 272 g/mol. The van der Waals surface area contributed by atoms with Crippen molar-refractivity contribution in [2.45, 2.75) is 12.8 Å². The number of rotatable bonds is 3. The number of nitrogens with one attached hydrogen (secondary N) is 1. The molecule has 0 spiro atoms. The fourth-order valence-corrected chi connectivity index (χ4v) is 2.22. The molecule has 1 heterocycles. The van der Waals surface area contributed by atoms with E-state index in [1.165, 1.54) is 0 Å². The Kier molecular flexibility index (Phi) is 5.60. The van der Waals surface area contributed by atoms with Gasteiger partial charge in [0.1, 0.15) is 0 Å². The molecule has 4 heteroatoms. The first kappa shape index (κ1) is 14.6. The number of benzene rings is 1. The Morgan fingerprint density at radius 1 is 1.35 bits per heavy atom. The third kappa shape index (κ3) is 4.09. The maximum Gasteiger partial charge on any atom is 0.252 e. The maximum atomic E-state index is 12.2. The van der Waals surface area contributed by atoms with E-state index in [0.717, 1.165) is 31.6 Å². The second kappa shape index (κ2) is 7.68. The number of nitrogens with two attached hydrogens (primary N) is 1. The average Bonchev–Trinajstić information content (AvgIpc) is 2.52. The molecular weight excluding hydrogens is 252 g/mol. The lowest BCUT2D eigenvalue weighted by molar-refractivity contribution is 0.0642. The highest BCUT2D eigenvalue weighted by atomic mass is 16.5. The molecule has 1 aromatic rings. The van der Waals surface area contributed by atoms with Crippen LogP contribution in [0, 0.1) is 17.8 Å². The van der Waals surface area contributed by atoms with Crippen molar-refractivity contribution in [3.8, 4) is 11.8 Å². The van der Waals surface area contributed by atoms with Crippen molar-refractivity contribution in [1.82, 2.24) is 5.32 Å². The number of hydrogen-bond donors (Lipinski definition) is 2. The molecule has 106 valence electrons. The van der Waals surface area contributed by atoms with Gasteiger partial charge in [0.2, 0.25) is 0 Å². The molecule has 0 bridgehead atoms. The SMILES string of the molecule is NCC#Cc1ccccc1C(=O)NCC1CCOCC1. The van der Waals surface area contributed by atoms with Gasteiger partial charge in [-0.15, -0.1) is 0 Å². The van der Waals surface area contributed by atoms with E-state index in [4.69, 9.17) is 10.5 Å². The van der Waals surface area contributed by atoms with Crippen LogP contribution in [0.3, 0.4) is 0 Å². The number of carbonyl (C=O) groups excluding carboxylic acids is 1. The van der Waals surface area contributed by atoms with Crippen molar-refractivity contribution in [3.63, 3.8) is 0 Å².